The summed E-state index contributed by atoms with van der Waals surface area (Å²) in [5.41, 5.74) is 9.86. The van der Waals surface area contributed by atoms with Crippen molar-refractivity contribution in [1.29, 1.82) is 0 Å². The van der Waals surface area contributed by atoms with Gasteiger partial charge in [-0.3, -0.25) is 0 Å². The Hall–Kier alpha value is -4.06. The zero-order chi connectivity index (χ0) is 39.9. The first-order valence-electron chi connectivity index (χ1n) is 20.2. The number of para-hydroxylation sites is 3. The van der Waals surface area contributed by atoms with Crippen molar-refractivity contribution in [2.75, 3.05) is 4.90 Å². The molecule has 3 nitrogen and oxygen atoms in total. The molecular weight excluding hydrogens is 883 g/mol. The Morgan fingerprint density at radius 1 is 0.800 bits per heavy atom. The third-order valence-electron chi connectivity index (χ3n) is 9.98. The van der Waals surface area contributed by atoms with Gasteiger partial charge in [-0.1, -0.05) is 132 Å². The Balaban J connectivity index is 0.000000208. The van der Waals surface area contributed by atoms with E-state index in [0.717, 1.165) is 33.3 Å². The quantitative estimate of drug-likeness (QED) is 0.112. The normalized spacial score (nSPS) is 14.7. The molecule has 0 bridgehead atoms. The van der Waals surface area contributed by atoms with Crippen LogP contribution in [0.4, 0.5) is 17.1 Å². The molecule has 0 radical (unpaired) electrons. The molecule has 0 spiro atoms. The summed E-state index contributed by atoms with van der Waals surface area (Å²) in [6.07, 6.45) is 0.387. The predicted molar refractivity (Wildman–Crippen MR) is 237 cm³/mol. The van der Waals surface area contributed by atoms with E-state index in [9.17, 15) is 0 Å². The van der Waals surface area contributed by atoms with Crippen molar-refractivity contribution in [1.82, 2.24) is 4.98 Å². The van der Waals surface area contributed by atoms with E-state index in [4.69, 9.17) is 8.06 Å². The van der Waals surface area contributed by atoms with Gasteiger partial charge in [-0.05, 0) is 69.8 Å². The molecule has 1 aliphatic heterocycles. The number of rotatable bonds is 8. The maximum atomic E-state index is 8.55. The summed E-state index contributed by atoms with van der Waals surface area (Å²) < 4.78 is 19.7. The van der Waals surface area contributed by atoms with E-state index in [1.807, 2.05) is 61.7 Å². The number of pyridine rings is 1. The van der Waals surface area contributed by atoms with Crippen molar-refractivity contribution >= 4 is 61.8 Å². The molecule has 8 rings (SSSR count). The minimum absolute atomic E-state index is 0. The molecule has 5 aromatic carbocycles. The largest absolute Gasteiger partial charge is 3.00 e. The molecule has 7 aromatic rings. The zero-order valence-corrected chi connectivity index (χ0v) is 37.6. The molecule has 1 atom stereocenters. The second kappa shape index (κ2) is 17.0. The van der Waals surface area contributed by atoms with Crippen LogP contribution in [0.1, 0.15) is 84.5 Å². The molecule has 1 aliphatic rings. The number of hydrogen-bond acceptors (Lipinski definition) is 3. The Labute approximate surface area is 350 Å². The number of anilines is 2. The molecular formula is C49H52IrN3SSi. The van der Waals surface area contributed by atoms with Crippen LogP contribution >= 0.6 is 11.3 Å². The fraction of sp³-hybridized carbons (Fsp3) is 0.286. The summed E-state index contributed by atoms with van der Waals surface area (Å²) in [6, 6.07) is 44.9. The SMILES string of the molecule is CC(C)c1cccc(C(C)C)c1N1c2ccccc2[N-]C1c1[c-]cc2sc3ccccc3c2c1.[2H]C([2H])(c1cc(-c2[c-]cccc2)ncc1[Si](C)(C)C)C(C)C.[Ir+3]. The molecule has 282 valence electrons. The van der Waals surface area contributed by atoms with Crippen molar-refractivity contribution in [3.8, 4) is 11.3 Å². The zero-order valence-electron chi connectivity index (χ0n) is 35.4. The molecule has 0 N–H and O–H groups in total. The molecule has 0 saturated heterocycles. The standard InChI is InChI=1S/C31H28N2S.C18H24NSi.Ir/c1-19(2)22-11-9-12-23(20(3)4)30(22)33-27-14-7-6-13-26(27)32-31(33)21-16-17-29-25(18-21)24-10-5-8-15-28(24)34-29;1-14(2)11-16-12-17(15-9-7-6-8-10-15)19-13-18(16)20(3,4)5;/h5-15,17-20,31H,1-4H3;6-9,12-14H,11H2,1-5H3;/q-2;-1;+3/i;11D2;. The maximum absolute atomic E-state index is 8.55. The molecule has 0 aliphatic carbocycles. The van der Waals surface area contributed by atoms with Gasteiger partial charge in [0.15, 0.2) is 0 Å². The summed E-state index contributed by atoms with van der Waals surface area (Å²) in [5.74, 6) is 0.737. The molecule has 55 heavy (non-hydrogen) atoms. The van der Waals surface area contributed by atoms with Crippen molar-refractivity contribution in [3.63, 3.8) is 0 Å². The van der Waals surface area contributed by atoms with Crippen molar-refractivity contribution < 1.29 is 22.8 Å². The van der Waals surface area contributed by atoms with E-state index in [0.29, 0.717) is 11.8 Å². The Morgan fingerprint density at radius 2 is 1.49 bits per heavy atom. The predicted octanol–water partition coefficient (Wildman–Crippen LogP) is 14.2. The molecule has 0 fully saturated rings. The van der Waals surface area contributed by atoms with E-state index in [1.54, 1.807) is 0 Å². The van der Waals surface area contributed by atoms with Crippen molar-refractivity contribution in [3.05, 3.63) is 155 Å². The summed E-state index contributed by atoms with van der Waals surface area (Å²) in [6.45, 7) is 19.7. The number of aromatic nitrogens is 1. The average molecular weight is 937 g/mol. The Kier molecular flexibility index (Phi) is 11.7. The third kappa shape index (κ3) is 8.54. The number of hydrogen-bond donors (Lipinski definition) is 0. The second-order valence-electron chi connectivity index (χ2n) is 16.2. The van der Waals surface area contributed by atoms with Crippen LogP contribution in [-0.2, 0) is 26.5 Å². The van der Waals surface area contributed by atoms with Gasteiger partial charge in [0.25, 0.3) is 0 Å². The van der Waals surface area contributed by atoms with Gasteiger partial charge in [0, 0.05) is 25.0 Å². The molecule has 3 heterocycles. The first kappa shape index (κ1) is 37.8. The molecule has 6 heteroatoms. The van der Waals surface area contributed by atoms with Gasteiger partial charge >= 0.3 is 20.1 Å². The summed E-state index contributed by atoms with van der Waals surface area (Å²) in [5, 5.41) is 8.96. The van der Waals surface area contributed by atoms with Crippen molar-refractivity contribution in [2.45, 2.75) is 85.6 Å². The molecule has 1 unspecified atom stereocenters. The van der Waals surface area contributed by atoms with Gasteiger partial charge in [-0.2, -0.15) is 23.8 Å². The van der Waals surface area contributed by atoms with E-state index < -0.39 is 14.4 Å². The van der Waals surface area contributed by atoms with Gasteiger partial charge in [0.1, 0.15) is 0 Å². The third-order valence-corrected chi connectivity index (χ3v) is 13.1. The fourth-order valence-corrected chi connectivity index (χ4v) is 9.83. The number of nitrogens with zero attached hydrogens (tertiary/aromatic N) is 3. The van der Waals surface area contributed by atoms with Gasteiger partial charge < -0.3 is 15.2 Å². The Morgan fingerprint density at radius 3 is 2.16 bits per heavy atom. The van der Waals surface area contributed by atoms with Crippen LogP contribution in [0.15, 0.2) is 115 Å². The topological polar surface area (TPSA) is 30.2 Å². The van der Waals surface area contributed by atoms with Crippen molar-refractivity contribution in [2.24, 2.45) is 5.92 Å². The van der Waals surface area contributed by atoms with E-state index in [2.05, 4.69) is 148 Å². The first-order chi connectivity index (χ1) is 26.7. The van der Waals surface area contributed by atoms with Crippen LogP contribution in [0.3, 0.4) is 0 Å². The van der Waals surface area contributed by atoms with Crippen LogP contribution in [0.2, 0.25) is 19.6 Å². The van der Waals surface area contributed by atoms with E-state index >= 15 is 0 Å². The smallest absolute Gasteiger partial charge is 0.661 e. The van der Waals surface area contributed by atoms with Crippen LogP contribution in [0.5, 0.6) is 0 Å². The fourth-order valence-electron chi connectivity index (χ4n) is 7.36. The molecule has 0 saturated carbocycles. The van der Waals surface area contributed by atoms with E-state index in [1.165, 1.54) is 42.7 Å². The van der Waals surface area contributed by atoms with Crippen LogP contribution in [-0.4, -0.2) is 13.1 Å². The Bertz CT molecular complexity index is 2460. The monoisotopic (exact) mass is 937 g/mol. The van der Waals surface area contributed by atoms with E-state index in [-0.39, 0.29) is 32.2 Å². The van der Waals surface area contributed by atoms with Crippen LogP contribution < -0.4 is 10.1 Å². The van der Waals surface area contributed by atoms with Crippen LogP contribution in [0, 0.1) is 18.1 Å². The molecule has 0 amide bonds. The minimum atomic E-state index is -1.67. The van der Waals surface area contributed by atoms with Gasteiger partial charge in [-0.15, -0.1) is 47.0 Å². The average Bonchev–Trinajstić information content (AvgIpc) is 3.76. The summed E-state index contributed by atoms with van der Waals surface area (Å²) in [7, 11) is -1.67. The second-order valence-corrected chi connectivity index (χ2v) is 22.3. The van der Waals surface area contributed by atoms with Gasteiger partial charge in [0.05, 0.1) is 8.07 Å². The maximum Gasteiger partial charge on any atom is 3.00 e. The van der Waals surface area contributed by atoms with Gasteiger partial charge in [0.2, 0.25) is 0 Å². The number of thiophene rings is 1. The molecule has 2 aromatic heterocycles. The minimum Gasteiger partial charge on any atom is -0.661 e. The number of benzene rings is 5. The number of fused-ring (bicyclic) bond motifs is 4. The summed E-state index contributed by atoms with van der Waals surface area (Å²) >= 11 is 1.83. The van der Waals surface area contributed by atoms with Crippen LogP contribution in [0.25, 0.3) is 36.7 Å². The van der Waals surface area contributed by atoms with Gasteiger partial charge in [-0.25, -0.2) is 11.3 Å². The summed E-state index contributed by atoms with van der Waals surface area (Å²) in [4.78, 5) is 7.05. The first-order valence-corrected chi connectivity index (χ1v) is 23.5.